The Morgan fingerprint density at radius 2 is 2.00 bits per heavy atom. The van der Waals surface area contributed by atoms with Crippen LogP contribution in [0.25, 0.3) is 0 Å². The summed E-state index contributed by atoms with van der Waals surface area (Å²) in [5.74, 6) is 1.01. The lowest BCUT2D eigenvalue weighted by atomic mass is 10.1. The van der Waals surface area contributed by atoms with Gasteiger partial charge in [-0.05, 0) is 30.7 Å². The molecule has 3 rings (SSSR count). The maximum absolute atomic E-state index is 12.5. The van der Waals surface area contributed by atoms with Gasteiger partial charge in [-0.3, -0.25) is 9.59 Å². The van der Waals surface area contributed by atoms with Gasteiger partial charge in [-0.1, -0.05) is 0 Å². The van der Waals surface area contributed by atoms with Gasteiger partial charge in [0.25, 0.3) is 5.91 Å². The highest BCUT2D eigenvalue weighted by Gasteiger charge is 2.36. The summed E-state index contributed by atoms with van der Waals surface area (Å²) in [5.41, 5.74) is 0.670. The number of fused-ring (bicyclic) bond motifs is 1. The Morgan fingerprint density at radius 3 is 2.70 bits per heavy atom. The van der Waals surface area contributed by atoms with E-state index in [1.54, 1.807) is 31.4 Å². The van der Waals surface area contributed by atoms with Crippen LogP contribution in [0.4, 0.5) is 0 Å². The van der Waals surface area contributed by atoms with Gasteiger partial charge in [0.1, 0.15) is 5.75 Å². The number of methoxy groups -OCH3 is 1. The van der Waals surface area contributed by atoms with Crippen LogP contribution in [-0.4, -0.2) is 54.4 Å². The minimum atomic E-state index is 0.0339. The predicted molar refractivity (Wildman–Crippen MR) is 73.6 cm³/mol. The van der Waals surface area contributed by atoms with Crippen molar-refractivity contribution in [1.82, 2.24) is 9.80 Å². The number of hydrogen-bond acceptors (Lipinski definition) is 3. The Bertz CT molecular complexity index is 526. The smallest absolute Gasteiger partial charge is 0.253 e. The van der Waals surface area contributed by atoms with Crippen LogP contribution < -0.4 is 4.74 Å². The molecule has 5 nitrogen and oxygen atoms in total. The van der Waals surface area contributed by atoms with Gasteiger partial charge in [0, 0.05) is 37.7 Å². The van der Waals surface area contributed by atoms with Crippen molar-refractivity contribution in [2.24, 2.45) is 0 Å². The van der Waals surface area contributed by atoms with Crippen LogP contribution in [0.5, 0.6) is 5.75 Å². The molecule has 1 atom stereocenters. The summed E-state index contributed by atoms with van der Waals surface area (Å²) >= 11 is 0. The Hall–Kier alpha value is -2.04. The second-order valence-electron chi connectivity index (χ2n) is 5.26. The number of hydrogen-bond donors (Lipinski definition) is 0. The van der Waals surface area contributed by atoms with E-state index in [1.807, 2.05) is 9.80 Å². The fraction of sp³-hybridized carbons (Fsp3) is 0.467. The predicted octanol–water partition coefficient (Wildman–Crippen LogP) is 1.14. The molecule has 1 aromatic carbocycles. The van der Waals surface area contributed by atoms with Crippen LogP contribution in [0, 0.1) is 0 Å². The van der Waals surface area contributed by atoms with Gasteiger partial charge < -0.3 is 14.5 Å². The topological polar surface area (TPSA) is 49.9 Å². The fourth-order valence-electron chi connectivity index (χ4n) is 2.97. The molecular weight excluding hydrogens is 256 g/mol. The Balaban J connectivity index is 1.70. The van der Waals surface area contributed by atoms with E-state index in [1.165, 1.54) is 0 Å². The first-order chi connectivity index (χ1) is 9.69. The molecule has 0 saturated carbocycles. The molecule has 2 saturated heterocycles. The van der Waals surface area contributed by atoms with Crippen LogP contribution in [0.15, 0.2) is 24.3 Å². The standard InChI is InChI=1S/C15H18N2O3/c1-20-13-5-2-11(3-6-13)15(19)16-8-9-17-12(10-16)4-7-14(17)18/h2-3,5-6,12H,4,7-10H2,1H3. The van der Waals surface area contributed by atoms with Crippen molar-refractivity contribution in [1.29, 1.82) is 0 Å². The molecule has 2 amide bonds. The molecule has 0 aromatic heterocycles. The number of carbonyl (C=O) groups excluding carboxylic acids is 2. The fourth-order valence-corrected chi connectivity index (χ4v) is 2.97. The number of benzene rings is 1. The summed E-state index contributed by atoms with van der Waals surface area (Å²) in [7, 11) is 1.60. The lowest BCUT2D eigenvalue weighted by Gasteiger charge is -2.37. The van der Waals surface area contributed by atoms with Crippen LogP contribution in [-0.2, 0) is 4.79 Å². The molecule has 0 aliphatic carbocycles. The average molecular weight is 274 g/mol. The lowest BCUT2D eigenvalue weighted by molar-refractivity contribution is -0.130. The van der Waals surface area contributed by atoms with Crippen molar-refractivity contribution in [3.05, 3.63) is 29.8 Å². The van der Waals surface area contributed by atoms with Crippen molar-refractivity contribution in [3.63, 3.8) is 0 Å². The SMILES string of the molecule is COc1ccc(C(=O)N2CCN3C(=O)CCC3C2)cc1. The number of ether oxygens (including phenoxy) is 1. The summed E-state index contributed by atoms with van der Waals surface area (Å²) < 4.78 is 5.09. The Kier molecular flexibility index (Phi) is 3.34. The number of rotatable bonds is 2. The number of piperazine rings is 1. The van der Waals surface area contributed by atoms with E-state index in [-0.39, 0.29) is 17.9 Å². The minimum Gasteiger partial charge on any atom is -0.497 e. The second kappa shape index (κ2) is 5.15. The first-order valence-corrected chi connectivity index (χ1v) is 6.92. The Morgan fingerprint density at radius 1 is 1.25 bits per heavy atom. The van der Waals surface area contributed by atoms with E-state index in [0.29, 0.717) is 31.6 Å². The largest absolute Gasteiger partial charge is 0.497 e. The minimum absolute atomic E-state index is 0.0339. The quantitative estimate of drug-likeness (QED) is 0.812. The normalized spacial score (nSPS) is 21.9. The molecule has 0 bridgehead atoms. The third-order valence-corrected chi connectivity index (χ3v) is 4.12. The summed E-state index contributed by atoms with van der Waals surface area (Å²) in [6, 6.07) is 7.37. The summed E-state index contributed by atoms with van der Waals surface area (Å²) in [5, 5.41) is 0. The summed E-state index contributed by atoms with van der Waals surface area (Å²) in [6.07, 6.45) is 1.49. The van der Waals surface area contributed by atoms with E-state index >= 15 is 0 Å². The van der Waals surface area contributed by atoms with Gasteiger partial charge in [-0.25, -0.2) is 0 Å². The molecule has 0 spiro atoms. The third-order valence-electron chi connectivity index (χ3n) is 4.12. The lowest BCUT2D eigenvalue weighted by Crippen LogP contribution is -2.53. The van der Waals surface area contributed by atoms with Crippen molar-refractivity contribution in [2.45, 2.75) is 18.9 Å². The van der Waals surface area contributed by atoms with Crippen LogP contribution >= 0.6 is 0 Å². The monoisotopic (exact) mass is 274 g/mol. The van der Waals surface area contributed by atoms with E-state index < -0.39 is 0 Å². The van der Waals surface area contributed by atoms with Gasteiger partial charge in [-0.2, -0.15) is 0 Å². The Labute approximate surface area is 118 Å². The number of amides is 2. The average Bonchev–Trinajstić information content (AvgIpc) is 2.87. The highest BCUT2D eigenvalue weighted by atomic mass is 16.5. The van der Waals surface area contributed by atoms with Gasteiger partial charge in [-0.15, -0.1) is 0 Å². The third kappa shape index (κ3) is 2.24. The molecule has 20 heavy (non-hydrogen) atoms. The molecule has 5 heteroatoms. The maximum Gasteiger partial charge on any atom is 0.253 e. The van der Waals surface area contributed by atoms with E-state index in [0.717, 1.165) is 12.2 Å². The van der Waals surface area contributed by atoms with Crippen molar-refractivity contribution in [2.75, 3.05) is 26.7 Å². The molecule has 2 heterocycles. The first-order valence-electron chi connectivity index (χ1n) is 6.92. The van der Waals surface area contributed by atoms with Gasteiger partial charge in [0.05, 0.1) is 7.11 Å². The molecule has 2 aliphatic heterocycles. The molecule has 0 radical (unpaired) electrons. The highest BCUT2D eigenvalue weighted by molar-refractivity contribution is 5.94. The zero-order chi connectivity index (χ0) is 14.1. The van der Waals surface area contributed by atoms with Gasteiger partial charge >= 0.3 is 0 Å². The van der Waals surface area contributed by atoms with E-state index in [2.05, 4.69) is 0 Å². The van der Waals surface area contributed by atoms with Crippen LogP contribution in [0.3, 0.4) is 0 Å². The van der Waals surface area contributed by atoms with Crippen LogP contribution in [0.2, 0.25) is 0 Å². The zero-order valence-corrected chi connectivity index (χ0v) is 11.5. The second-order valence-corrected chi connectivity index (χ2v) is 5.26. The van der Waals surface area contributed by atoms with E-state index in [9.17, 15) is 9.59 Å². The number of nitrogens with zero attached hydrogens (tertiary/aromatic N) is 2. The van der Waals surface area contributed by atoms with Crippen LogP contribution in [0.1, 0.15) is 23.2 Å². The summed E-state index contributed by atoms with van der Waals surface area (Å²) in [4.78, 5) is 27.8. The van der Waals surface area contributed by atoms with Crippen molar-refractivity contribution in [3.8, 4) is 5.75 Å². The molecule has 106 valence electrons. The molecular formula is C15H18N2O3. The molecule has 2 fully saturated rings. The zero-order valence-electron chi connectivity index (χ0n) is 11.5. The molecule has 1 aromatic rings. The first kappa shape index (κ1) is 13.0. The molecule has 2 aliphatic rings. The molecule has 0 N–H and O–H groups in total. The summed E-state index contributed by atoms with van der Waals surface area (Å²) in [6.45, 7) is 1.93. The maximum atomic E-state index is 12.5. The van der Waals surface area contributed by atoms with E-state index in [4.69, 9.17) is 4.74 Å². The molecule has 1 unspecified atom stereocenters. The highest BCUT2D eigenvalue weighted by Crippen LogP contribution is 2.24. The van der Waals surface area contributed by atoms with Gasteiger partial charge in [0.2, 0.25) is 5.91 Å². The van der Waals surface area contributed by atoms with Gasteiger partial charge in [0.15, 0.2) is 0 Å². The van der Waals surface area contributed by atoms with Crippen molar-refractivity contribution >= 4 is 11.8 Å². The van der Waals surface area contributed by atoms with Crippen molar-refractivity contribution < 1.29 is 14.3 Å². The number of carbonyl (C=O) groups is 2.